The highest BCUT2D eigenvalue weighted by molar-refractivity contribution is 5.80. The number of halogens is 2. The molecule has 0 aromatic heterocycles. The molecule has 2 rings (SSSR count). The monoisotopic (exact) mass is 318 g/mol. The van der Waals surface area contributed by atoms with E-state index in [0.29, 0.717) is 19.5 Å². The largest absolute Gasteiger partial charge is 0.444 e. The lowest BCUT2D eigenvalue weighted by molar-refractivity contribution is -0.141. The molecule has 0 aromatic rings. The molecule has 7 heteroatoms. The molecule has 0 aliphatic carbocycles. The van der Waals surface area contributed by atoms with Crippen LogP contribution in [0.2, 0.25) is 0 Å². The number of carbonyl (C=O) groups excluding carboxylic acids is 2. The van der Waals surface area contributed by atoms with Crippen LogP contribution in [0.5, 0.6) is 0 Å². The highest BCUT2D eigenvalue weighted by Crippen LogP contribution is 2.29. The molecule has 0 saturated carbocycles. The number of alkyl halides is 2. The summed E-state index contributed by atoms with van der Waals surface area (Å²) in [4.78, 5) is 27.4. The fourth-order valence-electron chi connectivity index (χ4n) is 2.77. The average molecular weight is 318 g/mol. The fraction of sp³-hybridized carbons (Fsp3) is 0.867. The number of ether oxygens (including phenoxy) is 1. The van der Waals surface area contributed by atoms with Gasteiger partial charge in [0.1, 0.15) is 5.60 Å². The zero-order chi connectivity index (χ0) is 16.5. The number of nitrogens with zero attached hydrogens (tertiary/aromatic N) is 2. The van der Waals surface area contributed by atoms with Gasteiger partial charge in [0.25, 0.3) is 5.92 Å². The Kier molecular flexibility index (Phi) is 4.63. The summed E-state index contributed by atoms with van der Waals surface area (Å²) in [5.74, 6) is -3.09. The Morgan fingerprint density at radius 1 is 1.09 bits per heavy atom. The summed E-state index contributed by atoms with van der Waals surface area (Å²) in [5.41, 5.74) is -0.572. The van der Waals surface area contributed by atoms with Crippen LogP contribution in [0.15, 0.2) is 0 Å². The summed E-state index contributed by atoms with van der Waals surface area (Å²) in [6, 6.07) is 0. The van der Waals surface area contributed by atoms with Crippen LogP contribution in [0.4, 0.5) is 13.6 Å². The van der Waals surface area contributed by atoms with Crippen molar-refractivity contribution in [2.75, 3.05) is 26.2 Å². The molecule has 1 atom stereocenters. The maximum atomic E-state index is 13.1. The van der Waals surface area contributed by atoms with Crippen molar-refractivity contribution in [3.05, 3.63) is 0 Å². The van der Waals surface area contributed by atoms with Crippen molar-refractivity contribution in [1.82, 2.24) is 9.80 Å². The van der Waals surface area contributed by atoms with Gasteiger partial charge in [-0.2, -0.15) is 0 Å². The molecule has 2 amide bonds. The summed E-state index contributed by atoms with van der Waals surface area (Å²) in [7, 11) is 0. The van der Waals surface area contributed by atoms with E-state index < -0.39 is 17.6 Å². The van der Waals surface area contributed by atoms with Gasteiger partial charge in [-0.3, -0.25) is 4.79 Å². The van der Waals surface area contributed by atoms with Gasteiger partial charge >= 0.3 is 6.09 Å². The van der Waals surface area contributed by atoms with Crippen LogP contribution in [0, 0.1) is 5.92 Å². The number of carbonyl (C=O) groups is 2. The van der Waals surface area contributed by atoms with E-state index in [2.05, 4.69) is 0 Å². The molecule has 126 valence electrons. The van der Waals surface area contributed by atoms with E-state index >= 15 is 0 Å². The molecule has 0 N–H and O–H groups in total. The number of amides is 2. The standard InChI is InChI=1S/C15H24F2N2O3/c1-14(2,3)22-13(21)19-7-4-11(10-19)12(20)18-8-5-15(16,17)6-9-18/h11H,4-10H2,1-3H3. The number of likely N-dealkylation sites (tertiary alicyclic amines) is 2. The molecule has 0 bridgehead atoms. The first-order valence-corrected chi connectivity index (χ1v) is 7.72. The van der Waals surface area contributed by atoms with Gasteiger partial charge in [0.05, 0.1) is 5.92 Å². The number of hydrogen-bond acceptors (Lipinski definition) is 3. The Hall–Kier alpha value is -1.40. The summed E-state index contributed by atoms with van der Waals surface area (Å²) in [5, 5.41) is 0. The van der Waals surface area contributed by atoms with E-state index in [1.807, 2.05) is 0 Å². The van der Waals surface area contributed by atoms with Gasteiger partial charge in [-0.15, -0.1) is 0 Å². The van der Waals surface area contributed by atoms with E-state index in [1.54, 1.807) is 20.8 Å². The summed E-state index contributed by atoms with van der Waals surface area (Å²) >= 11 is 0. The zero-order valence-corrected chi connectivity index (χ0v) is 13.4. The minimum absolute atomic E-state index is 0.0920. The van der Waals surface area contributed by atoms with Gasteiger partial charge in [-0.1, -0.05) is 0 Å². The molecule has 2 fully saturated rings. The second-order valence-electron chi connectivity index (χ2n) is 7.09. The average Bonchev–Trinajstić information content (AvgIpc) is 2.85. The van der Waals surface area contributed by atoms with Crippen LogP contribution in [0.25, 0.3) is 0 Å². The first kappa shape index (κ1) is 17.0. The normalized spacial score (nSPS) is 25.2. The van der Waals surface area contributed by atoms with Gasteiger partial charge in [-0.05, 0) is 27.2 Å². The lowest BCUT2D eigenvalue weighted by Gasteiger charge is -2.33. The van der Waals surface area contributed by atoms with Crippen LogP contribution in [0.1, 0.15) is 40.0 Å². The van der Waals surface area contributed by atoms with Crippen LogP contribution in [-0.4, -0.2) is 59.5 Å². The molecule has 1 unspecified atom stereocenters. The van der Waals surface area contributed by atoms with E-state index in [1.165, 1.54) is 9.80 Å². The molecule has 2 aliphatic heterocycles. The SMILES string of the molecule is CC(C)(C)OC(=O)N1CCC(C(=O)N2CCC(F)(F)CC2)C1. The Balaban J connectivity index is 1.85. The predicted octanol–water partition coefficient (Wildman–Crippen LogP) is 2.50. The summed E-state index contributed by atoms with van der Waals surface area (Å²) < 4.78 is 31.6. The first-order valence-electron chi connectivity index (χ1n) is 7.72. The van der Waals surface area contributed by atoms with Crippen LogP contribution in [0.3, 0.4) is 0 Å². The molecule has 22 heavy (non-hydrogen) atoms. The van der Waals surface area contributed by atoms with Gasteiger partial charge in [0, 0.05) is 39.0 Å². The van der Waals surface area contributed by atoms with Crippen molar-refractivity contribution in [2.45, 2.75) is 51.6 Å². The Bertz CT molecular complexity index is 439. The smallest absolute Gasteiger partial charge is 0.410 e. The van der Waals surface area contributed by atoms with Gasteiger partial charge < -0.3 is 14.5 Å². The van der Waals surface area contributed by atoms with Crippen LogP contribution in [-0.2, 0) is 9.53 Å². The third-order valence-corrected chi connectivity index (χ3v) is 4.00. The summed E-state index contributed by atoms with van der Waals surface area (Å²) in [6.45, 7) is 6.33. The highest BCUT2D eigenvalue weighted by Gasteiger charge is 2.40. The van der Waals surface area contributed by atoms with Crippen molar-refractivity contribution < 1.29 is 23.1 Å². The van der Waals surface area contributed by atoms with E-state index in [4.69, 9.17) is 4.74 Å². The summed E-state index contributed by atoms with van der Waals surface area (Å²) in [6.07, 6.45) is -0.416. The van der Waals surface area contributed by atoms with E-state index in [0.717, 1.165) is 0 Å². The Morgan fingerprint density at radius 2 is 1.68 bits per heavy atom. The molecular formula is C15H24F2N2O3. The van der Waals surface area contributed by atoms with Crippen LogP contribution < -0.4 is 0 Å². The van der Waals surface area contributed by atoms with Crippen molar-refractivity contribution in [2.24, 2.45) is 5.92 Å². The highest BCUT2D eigenvalue weighted by atomic mass is 19.3. The molecule has 0 spiro atoms. The van der Waals surface area contributed by atoms with Crippen molar-refractivity contribution in [3.63, 3.8) is 0 Å². The van der Waals surface area contributed by atoms with E-state index in [9.17, 15) is 18.4 Å². The van der Waals surface area contributed by atoms with Gasteiger partial charge in [-0.25, -0.2) is 13.6 Å². The second-order valence-corrected chi connectivity index (χ2v) is 7.09. The molecule has 0 radical (unpaired) electrons. The number of piperidine rings is 1. The van der Waals surface area contributed by atoms with Crippen molar-refractivity contribution >= 4 is 12.0 Å². The maximum Gasteiger partial charge on any atom is 0.410 e. The number of hydrogen-bond donors (Lipinski definition) is 0. The zero-order valence-electron chi connectivity index (χ0n) is 13.4. The molecule has 2 aliphatic rings. The Labute approximate surface area is 129 Å². The second kappa shape index (κ2) is 6.01. The Morgan fingerprint density at radius 3 is 2.23 bits per heavy atom. The third-order valence-electron chi connectivity index (χ3n) is 4.00. The van der Waals surface area contributed by atoms with Crippen molar-refractivity contribution in [3.8, 4) is 0 Å². The minimum Gasteiger partial charge on any atom is -0.444 e. The topological polar surface area (TPSA) is 49.9 Å². The third kappa shape index (κ3) is 4.30. The molecule has 5 nitrogen and oxygen atoms in total. The molecular weight excluding hydrogens is 294 g/mol. The number of rotatable bonds is 1. The van der Waals surface area contributed by atoms with E-state index in [-0.39, 0.29) is 37.8 Å². The molecule has 2 heterocycles. The minimum atomic E-state index is -2.66. The molecule has 2 saturated heterocycles. The van der Waals surface area contributed by atoms with Gasteiger partial charge in [0.15, 0.2) is 0 Å². The van der Waals surface area contributed by atoms with Crippen molar-refractivity contribution in [1.29, 1.82) is 0 Å². The lowest BCUT2D eigenvalue weighted by Crippen LogP contribution is -2.46. The first-order chi connectivity index (χ1) is 10.1. The lowest BCUT2D eigenvalue weighted by atomic mass is 10.0. The molecule has 0 aromatic carbocycles. The predicted molar refractivity (Wildman–Crippen MR) is 76.7 cm³/mol. The quantitative estimate of drug-likeness (QED) is 0.746. The van der Waals surface area contributed by atoms with Gasteiger partial charge in [0.2, 0.25) is 5.91 Å². The fourth-order valence-corrected chi connectivity index (χ4v) is 2.77. The van der Waals surface area contributed by atoms with Crippen LogP contribution >= 0.6 is 0 Å². The maximum absolute atomic E-state index is 13.1.